The molecule has 1 N–H and O–H groups in total. The molecule has 0 spiro atoms. The van der Waals surface area contributed by atoms with Crippen molar-refractivity contribution in [3.8, 4) is 0 Å². The second-order valence-corrected chi connectivity index (χ2v) is 6.61. The lowest BCUT2D eigenvalue weighted by atomic mass is 10.3. The molecule has 0 bridgehead atoms. The number of thioether (sulfide) groups is 1. The fourth-order valence-corrected chi connectivity index (χ4v) is 3.77. The maximum Gasteiger partial charge on any atom is 0.0863 e. The summed E-state index contributed by atoms with van der Waals surface area (Å²) in [4.78, 5) is 2.53. The van der Waals surface area contributed by atoms with E-state index in [2.05, 4.69) is 40.9 Å². The maximum atomic E-state index is 6.40. The Balaban J connectivity index is 1.79. The number of nitrogens with one attached hydrogen (secondary N) is 1. The quantitative estimate of drug-likeness (QED) is 0.782. The van der Waals surface area contributed by atoms with Crippen molar-refractivity contribution in [2.75, 3.05) is 37.7 Å². The Hall–Kier alpha value is -0.230. The highest BCUT2D eigenvalue weighted by Crippen LogP contribution is 2.21. The average molecular weight is 317 g/mol. The van der Waals surface area contributed by atoms with Gasteiger partial charge in [-0.3, -0.25) is 4.68 Å². The van der Waals surface area contributed by atoms with Gasteiger partial charge in [0, 0.05) is 50.8 Å². The van der Waals surface area contributed by atoms with Gasteiger partial charge in [0.2, 0.25) is 0 Å². The van der Waals surface area contributed by atoms with Gasteiger partial charge in [-0.15, -0.1) is 0 Å². The Morgan fingerprint density at radius 2 is 2.05 bits per heavy atom. The minimum Gasteiger partial charge on any atom is -0.310 e. The summed E-state index contributed by atoms with van der Waals surface area (Å²) < 4.78 is 2.02. The minimum atomic E-state index is 0.808. The number of aryl methyl sites for hydroxylation is 2. The van der Waals surface area contributed by atoms with Gasteiger partial charge in [-0.05, 0) is 13.3 Å². The number of rotatable bonds is 7. The van der Waals surface area contributed by atoms with E-state index in [4.69, 9.17) is 11.6 Å². The molecular weight excluding hydrogens is 292 g/mol. The zero-order valence-corrected chi connectivity index (χ0v) is 14.1. The summed E-state index contributed by atoms with van der Waals surface area (Å²) in [6.45, 7) is 10.5. The first-order chi connectivity index (χ1) is 9.76. The first kappa shape index (κ1) is 16.1. The largest absolute Gasteiger partial charge is 0.310 e. The average Bonchev–Trinajstić information content (AvgIpc) is 2.80. The van der Waals surface area contributed by atoms with Crippen LogP contribution in [-0.4, -0.2) is 52.4 Å². The fourth-order valence-electron chi connectivity index (χ4n) is 2.45. The third-order valence-corrected chi connectivity index (χ3v) is 5.07. The summed E-state index contributed by atoms with van der Waals surface area (Å²) in [5, 5.41) is 8.90. The van der Waals surface area contributed by atoms with Crippen LogP contribution in [-0.2, 0) is 19.5 Å². The van der Waals surface area contributed by atoms with Crippen LogP contribution in [0.4, 0.5) is 0 Å². The molecule has 1 aromatic heterocycles. The van der Waals surface area contributed by atoms with Crippen molar-refractivity contribution >= 4 is 23.4 Å². The Morgan fingerprint density at radius 3 is 2.70 bits per heavy atom. The summed E-state index contributed by atoms with van der Waals surface area (Å²) in [6.07, 6.45) is 0.893. The second kappa shape index (κ2) is 8.27. The SMILES string of the molecule is CCc1nn(CC)c(CNCCN2CCSCC2)c1Cl. The number of aromatic nitrogens is 2. The lowest BCUT2D eigenvalue weighted by Crippen LogP contribution is -2.37. The van der Waals surface area contributed by atoms with Crippen molar-refractivity contribution < 1.29 is 0 Å². The van der Waals surface area contributed by atoms with Gasteiger partial charge in [-0.25, -0.2) is 0 Å². The molecule has 1 aliphatic heterocycles. The van der Waals surface area contributed by atoms with Crippen molar-refractivity contribution in [1.29, 1.82) is 0 Å². The van der Waals surface area contributed by atoms with Crippen molar-refractivity contribution in [1.82, 2.24) is 20.0 Å². The van der Waals surface area contributed by atoms with Crippen LogP contribution < -0.4 is 5.32 Å². The topological polar surface area (TPSA) is 33.1 Å². The first-order valence-electron chi connectivity index (χ1n) is 7.51. The molecule has 20 heavy (non-hydrogen) atoms. The van der Waals surface area contributed by atoms with E-state index in [0.29, 0.717) is 0 Å². The maximum absolute atomic E-state index is 6.40. The van der Waals surface area contributed by atoms with Crippen LogP contribution in [0.25, 0.3) is 0 Å². The summed E-state index contributed by atoms with van der Waals surface area (Å²) >= 11 is 8.46. The van der Waals surface area contributed by atoms with E-state index in [-0.39, 0.29) is 0 Å². The summed E-state index contributed by atoms with van der Waals surface area (Å²) in [5.41, 5.74) is 2.14. The zero-order valence-electron chi connectivity index (χ0n) is 12.5. The molecule has 0 radical (unpaired) electrons. The van der Waals surface area contributed by atoms with Gasteiger partial charge < -0.3 is 10.2 Å². The molecule has 0 aliphatic carbocycles. The van der Waals surface area contributed by atoms with Crippen molar-refractivity contribution in [3.05, 3.63) is 16.4 Å². The zero-order chi connectivity index (χ0) is 14.4. The number of hydrogen-bond acceptors (Lipinski definition) is 4. The number of nitrogens with zero attached hydrogens (tertiary/aromatic N) is 3. The summed E-state index contributed by atoms with van der Waals surface area (Å²) in [5.74, 6) is 2.54. The molecule has 4 nitrogen and oxygen atoms in total. The van der Waals surface area contributed by atoms with Crippen LogP contribution in [0.3, 0.4) is 0 Å². The molecule has 6 heteroatoms. The number of halogens is 1. The van der Waals surface area contributed by atoms with Gasteiger partial charge >= 0.3 is 0 Å². The molecule has 0 atom stereocenters. The summed E-state index contributed by atoms with van der Waals surface area (Å²) in [6, 6.07) is 0. The van der Waals surface area contributed by atoms with Crippen molar-refractivity contribution in [2.45, 2.75) is 33.4 Å². The van der Waals surface area contributed by atoms with Gasteiger partial charge in [0.25, 0.3) is 0 Å². The Bertz CT molecular complexity index is 416. The Morgan fingerprint density at radius 1 is 1.30 bits per heavy atom. The van der Waals surface area contributed by atoms with Gasteiger partial charge in [-0.1, -0.05) is 18.5 Å². The highest BCUT2D eigenvalue weighted by Gasteiger charge is 2.14. The van der Waals surface area contributed by atoms with Gasteiger partial charge in [0.1, 0.15) is 0 Å². The van der Waals surface area contributed by atoms with Crippen LogP contribution in [0.2, 0.25) is 5.02 Å². The molecule has 0 saturated carbocycles. The highest BCUT2D eigenvalue weighted by molar-refractivity contribution is 7.99. The highest BCUT2D eigenvalue weighted by atomic mass is 35.5. The predicted molar refractivity (Wildman–Crippen MR) is 87.8 cm³/mol. The van der Waals surface area contributed by atoms with Crippen LogP contribution in [0, 0.1) is 0 Å². The van der Waals surface area contributed by atoms with Crippen LogP contribution in [0.1, 0.15) is 25.2 Å². The van der Waals surface area contributed by atoms with Crippen LogP contribution >= 0.6 is 23.4 Å². The normalized spacial score (nSPS) is 16.8. The van der Waals surface area contributed by atoms with Crippen molar-refractivity contribution in [3.63, 3.8) is 0 Å². The van der Waals surface area contributed by atoms with Crippen LogP contribution in [0.15, 0.2) is 0 Å². The van der Waals surface area contributed by atoms with E-state index in [0.717, 1.165) is 49.0 Å². The third-order valence-electron chi connectivity index (χ3n) is 3.70. The lowest BCUT2D eigenvalue weighted by molar-refractivity contribution is 0.300. The van der Waals surface area contributed by atoms with Gasteiger partial charge in [-0.2, -0.15) is 16.9 Å². The van der Waals surface area contributed by atoms with Crippen molar-refractivity contribution in [2.24, 2.45) is 0 Å². The number of hydrogen-bond donors (Lipinski definition) is 1. The smallest absolute Gasteiger partial charge is 0.0863 e. The van der Waals surface area contributed by atoms with E-state index < -0.39 is 0 Å². The predicted octanol–water partition coefficient (Wildman–Crippen LogP) is 2.26. The van der Waals surface area contributed by atoms with Crippen LogP contribution in [0.5, 0.6) is 0 Å². The second-order valence-electron chi connectivity index (χ2n) is 5.01. The standard InChI is InChI=1S/C14H25ClN4S/c1-3-12-14(15)13(19(4-2)17-12)11-16-5-6-18-7-9-20-10-8-18/h16H,3-11H2,1-2H3. The molecular formula is C14H25ClN4S. The molecule has 1 saturated heterocycles. The molecule has 0 amide bonds. The molecule has 0 aromatic carbocycles. The van der Waals surface area contributed by atoms with Gasteiger partial charge in [0.15, 0.2) is 0 Å². The van der Waals surface area contributed by atoms with E-state index in [1.165, 1.54) is 24.6 Å². The monoisotopic (exact) mass is 316 g/mol. The van der Waals surface area contributed by atoms with E-state index >= 15 is 0 Å². The Kier molecular flexibility index (Phi) is 6.68. The molecule has 1 fully saturated rings. The molecule has 1 aliphatic rings. The molecule has 2 heterocycles. The molecule has 1 aromatic rings. The summed E-state index contributed by atoms with van der Waals surface area (Å²) in [7, 11) is 0. The third kappa shape index (κ3) is 4.13. The Labute approximate surface area is 131 Å². The molecule has 0 unspecified atom stereocenters. The van der Waals surface area contributed by atoms with E-state index in [9.17, 15) is 0 Å². The lowest BCUT2D eigenvalue weighted by Gasteiger charge is -2.26. The fraction of sp³-hybridized carbons (Fsp3) is 0.786. The molecule has 2 rings (SSSR count). The van der Waals surface area contributed by atoms with E-state index in [1.807, 2.05) is 4.68 Å². The van der Waals surface area contributed by atoms with E-state index in [1.54, 1.807) is 0 Å². The molecule has 114 valence electrons. The minimum absolute atomic E-state index is 0.808. The first-order valence-corrected chi connectivity index (χ1v) is 9.04. The van der Waals surface area contributed by atoms with Gasteiger partial charge in [0.05, 0.1) is 16.4 Å².